The number of amides is 2. The van der Waals surface area contributed by atoms with Crippen molar-refractivity contribution in [3.63, 3.8) is 0 Å². The van der Waals surface area contributed by atoms with Gasteiger partial charge in [0.1, 0.15) is 6.61 Å². The molecule has 0 spiro atoms. The molecule has 0 radical (unpaired) electrons. The first-order valence-electron chi connectivity index (χ1n) is 10.9. The predicted molar refractivity (Wildman–Crippen MR) is 121 cm³/mol. The van der Waals surface area contributed by atoms with E-state index >= 15 is 0 Å². The molecule has 2 amide bonds. The van der Waals surface area contributed by atoms with Crippen molar-refractivity contribution in [2.75, 3.05) is 6.61 Å². The summed E-state index contributed by atoms with van der Waals surface area (Å²) < 4.78 is 5.35. The van der Waals surface area contributed by atoms with Gasteiger partial charge in [0, 0.05) is 6.42 Å². The Bertz CT molecular complexity index is 1110. The monoisotopic (exact) mass is 417 g/mol. The number of fused-ring (bicyclic) bond motifs is 3. The van der Waals surface area contributed by atoms with Crippen molar-refractivity contribution >= 4 is 39.3 Å². The number of benzene rings is 3. The highest BCUT2D eigenvalue weighted by Crippen LogP contribution is 2.31. The fraction of sp³-hybridized carbons (Fsp3) is 0.346. The molecule has 1 aliphatic heterocycles. The summed E-state index contributed by atoms with van der Waals surface area (Å²) in [5, 5.41) is 4.01. The summed E-state index contributed by atoms with van der Waals surface area (Å²) in [5.74, 6) is -0.496. The average molecular weight is 418 g/mol. The Hall–Kier alpha value is -3.21. The number of ether oxygens (including phenoxy) is 1. The lowest BCUT2D eigenvalue weighted by atomic mass is 9.99. The molecule has 5 nitrogen and oxygen atoms in total. The van der Waals surface area contributed by atoms with E-state index in [4.69, 9.17) is 4.74 Å². The minimum atomic E-state index is -0.526. The molecule has 160 valence electrons. The highest BCUT2D eigenvalue weighted by Gasteiger charge is 2.39. The van der Waals surface area contributed by atoms with Gasteiger partial charge in [-0.25, -0.2) is 0 Å². The maximum Gasteiger partial charge on any atom is 0.305 e. The van der Waals surface area contributed by atoms with Gasteiger partial charge >= 0.3 is 5.97 Å². The number of nitrogens with zero attached hydrogens (tertiary/aromatic N) is 1. The molecule has 0 bridgehead atoms. The largest absolute Gasteiger partial charge is 0.463 e. The molecule has 2 atom stereocenters. The van der Waals surface area contributed by atoms with Gasteiger partial charge in [0.15, 0.2) is 0 Å². The van der Waals surface area contributed by atoms with Gasteiger partial charge in [-0.1, -0.05) is 44.5 Å². The second-order valence-electron chi connectivity index (χ2n) is 8.51. The third-order valence-corrected chi connectivity index (χ3v) is 6.20. The summed E-state index contributed by atoms with van der Waals surface area (Å²) in [6, 6.07) is 15.1. The minimum Gasteiger partial charge on any atom is -0.463 e. The van der Waals surface area contributed by atoms with Crippen LogP contribution in [-0.2, 0) is 9.53 Å². The van der Waals surface area contributed by atoms with Crippen LogP contribution >= 0.6 is 0 Å². The second kappa shape index (κ2) is 8.50. The second-order valence-corrected chi connectivity index (χ2v) is 8.51. The van der Waals surface area contributed by atoms with Gasteiger partial charge in [-0.15, -0.1) is 0 Å². The number of hydrogen-bond acceptors (Lipinski definition) is 4. The van der Waals surface area contributed by atoms with Crippen molar-refractivity contribution in [3.8, 4) is 0 Å². The molecule has 1 heterocycles. The van der Waals surface area contributed by atoms with E-state index in [1.54, 1.807) is 19.1 Å². The first kappa shape index (κ1) is 21.0. The zero-order chi connectivity index (χ0) is 22.1. The van der Waals surface area contributed by atoms with E-state index in [1.165, 1.54) is 4.90 Å². The molecule has 5 heteroatoms. The molecule has 4 rings (SSSR count). The number of carbonyl (C=O) groups is 3. The Kier molecular flexibility index (Phi) is 5.77. The van der Waals surface area contributed by atoms with Crippen LogP contribution in [0, 0.1) is 5.92 Å². The van der Waals surface area contributed by atoms with Gasteiger partial charge in [-0.3, -0.25) is 19.3 Å². The number of rotatable bonds is 7. The molecule has 0 aliphatic carbocycles. The first-order chi connectivity index (χ1) is 14.9. The van der Waals surface area contributed by atoms with Crippen molar-refractivity contribution < 1.29 is 19.1 Å². The molecule has 0 saturated heterocycles. The molecule has 0 unspecified atom stereocenters. The number of esters is 1. The van der Waals surface area contributed by atoms with Crippen molar-refractivity contribution in [1.29, 1.82) is 0 Å². The van der Waals surface area contributed by atoms with E-state index in [2.05, 4.69) is 13.8 Å². The Morgan fingerprint density at radius 3 is 1.97 bits per heavy atom. The van der Waals surface area contributed by atoms with E-state index in [0.29, 0.717) is 23.5 Å². The van der Waals surface area contributed by atoms with Crippen LogP contribution in [0.3, 0.4) is 0 Å². The van der Waals surface area contributed by atoms with Crippen LogP contribution in [0.25, 0.3) is 21.5 Å². The van der Waals surface area contributed by atoms with E-state index in [0.717, 1.165) is 34.4 Å². The van der Waals surface area contributed by atoms with Crippen molar-refractivity contribution in [3.05, 3.63) is 59.7 Å². The Labute approximate surface area is 182 Å². The van der Waals surface area contributed by atoms with Gasteiger partial charge in [-0.05, 0) is 65.1 Å². The highest BCUT2D eigenvalue weighted by atomic mass is 16.5. The maximum absolute atomic E-state index is 13.0. The molecule has 3 aromatic rings. The minimum absolute atomic E-state index is 0.00815. The lowest BCUT2D eigenvalue weighted by molar-refractivity contribution is -0.145. The van der Waals surface area contributed by atoms with Crippen LogP contribution in [-0.4, -0.2) is 35.3 Å². The molecule has 1 aliphatic rings. The maximum atomic E-state index is 13.0. The third-order valence-electron chi connectivity index (χ3n) is 6.20. The lowest BCUT2D eigenvalue weighted by Gasteiger charge is -2.22. The van der Waals surface area contributed by atoms with Gasteiger partial charge in [0.25, 0.3) is 11.8 Å². The Morgan fingerprint density at radius 1 is 0.903 bits per heavy atom. The van der Waals surface area contributed by atoms with Crippen molar-refractivity contribution in [1.82, 2.24) is 4.90 Å². The fourth-order valence-electron chi connectivity index (χ4n) is 4.03. The molecule has 0 fully saturated rings. The fourth-order valence-corrected chi connectivity index (χ4v) is 4.03. The summed E-state index contributed by atoms with van der Waals surface area (Å²) in [5.41, 5.74) is 0.811. The summed E-state index contributed by atoms with van der Waals surface area (Å²) in [6.07, 6.45) is 2.14. The normalized spacial score (nSPS) is 15.4. The standard InChI is InChI=1S/C26H27NO4/c1-4-16(2)9-10-24(28)31-15-17(3)27-25(29)22-13-20-11-18-7-5-6-8-19(18)12-21(20)14-23(22)26(27)30/h5-8,11-14,16-17H,4,9-10,15H2,1-3H3/t16-,17-/m0/s1. The van der Waals surface area contributed by atoms with Crippen LogP contribution in [0.4, 0.5) is 0 Å². The number of hydrogen-bond donors (Lipinski definition) is 0. The zero-order valence-electron chi connectivity index (χ0n) is 18.2. The topological polar surface area (TPSA) is 63.7 Å². The van der Waals surface area contributed by atoms with Gasteiger partial charge in [0.05, 0.1) is 17.2 Å². The van der Waals surface area contributed by atoms with Crippen molar-refractivity contribution in [2.24, 2.45) is 5.92 Å². The lowest BCUT2D eigenvalue weighted by Crippen LogP contribution is -2.41. The van der Waals surface area contributed by atoms with Gasteiger partial charge in [-0.2, -0.15) is 0 Å². The summed E-state index contributed by atoms with van der Waals surface area (Å²) in [6.45, 7) is 5.93. The van der Waals surface area contributed by atoms with Gasteiger partial charge in [0.2, 0.25) is 0 Å². The SMILES string of the molecule is CC[C@H](C)CCC(=O)OC[C@H](C)N1C(=O)c2cc3cc4ccccc4cc3cc2C1=O. The zero-order valence-corrected chi connectivity index (χ0v) is 18.2. The third kappa shape index (κ3) is 4.05. The van der Waals surface area contributed by atoms with Crippen LogP contribution in [0.2, 0.25) is 0 Å². The molecule has 31 heavy (non-hydrogen) atoms. The molecule has 0 N–H and O–H groups in total. The highest BCUT2D eigenvalue weighted by molar-refractivity contribution is 6.23. The van der Waals surface area contributed by atoms with E-state index in [9.17, 15) is 14.4 Å². The summed E-state index contributed by atoms with van der Waals surface area (Å²) in [7, 11) is 0. The molecule has 3 aromatic carbocycles. The number of carbonyl (C=O) groups excluding carboxylic acids is 3. The smallest absolute Gasteiger partial charge is 0.305 e. The van der Waals surface area contributed by atoms with Gasteiger partial charge < -0.3 is 4.74 Å². The number of imide groups is 1. The van der Waals surface area contributed by atoms with Crippen LogP contribution < -0.4 is 0 Å². The summed E-state index contributed by atoms with van der Waals surface area (Å²) in [4.78, 5) is 39.3. The van der Waals surface area contributed by atoms with Crippen molar-refractivity contribution in [2.45, 2.75) is 46.1 Å². The molecule has 0 saturated carbocycles. The van der Waals surface area contributed by atoms with E-state index in [1.807, 2.05) is 36.4 Å². The predicted octanol–water partition coefficient (Wildman–Crippen LogP) is 5.35. The van der Waals surface area contributed by atoms with Crippen LogP contribution in [0.15, 0.2) is 48.5 Å². The van der Waals surface area contributed by atoms with Crippen LogP contribution in [0.1, 0.15) is 60.7 Å². The van der Waals surface area contributed by atoms with E-state index < -0.39 is 6.04 Å². The Morgan fingerprint density at radius 2 is 1.45 bits per heavy atom. The summed E-state index contributed by atoms with van der Waals surface area (Å²) >= 11 is 0. The molecule has 0 aromatic heterocycles. The van der Waals surface area contributed by atoms with E-state index in [-0.39, 0.29) is 24.4 Å². The molecular formula is C26H27NO4. The quantitative estimate of drug-likeness (QED) is 0.295. The molecular weight excluding hydrogens is 390 g/mol. The van der Waals surface area contributed by atoms with Crippen LogP contribution in [0.5, 0.6) is 0 Å². The Balaban J connectivity index is 1.52. The average Bonchev–Trinajstić information content (AvgIpc) is 3.02. The first-order valence-corrected chi connectivity index (χ1v) is 10.9.